The van der Waals surface area contributed by atoms with Gasteiger partial charge in [-0.25, -0.2) is 4.79 Å². The number of hydrogen-bond acceptors (Lipinski definition) is 3. The van der Waals surface area contributed by atoms with Crippen LogP contribution in [0.3, 0.4) is 0 Å². The summed E-state index contributed by atoms with van der Waals surface area (Å²) in [7, 11) is 0. The van der Waals surface area contributed by atoms with Gasteiger partial charge in [0.25, 0.3) is 0 Å². The van der Waals surface area contributed by atoms with Gasteiger partial charge in [0, 0.05) is 5.69 Å². The minimum absolute atomic E-state index is 0.00410. The fourth-order valence-electron chi connectivity index (χ4n) is 3.62. The van der Waals surface area contributed by atoms with E-state index in [1.54, 1.807) is 12.1 Å². The molecule has 1 saturated heterocycles. The van der Waals surface area contributed by atoms with Crippen LogP contribution in [-0.2, 0) is 4.79 Å². The first-order valence-electron chi connectivity index (χ1n) is 7.44. The second kappa shape index (κ2) is 5.48. The van der Waals surface area contributed by atoms with Crippen molar-refractivity contribution in [3.05, 3.63) is 29.3 Å². The Kier molecular flexibility index (Phi) is 3.68. The van der Waals surface area contributed by atoms with Crippen molar-refractivity contribution in [3.63, 3.8) is 0 Å². The number of carbonyl (C=O) groups is 2. The number of benzene rings is 1. The molecule has 1 saturated carbocycles. The van der Waals surface area contributed by atoms with Gasteiger partial charge >= 0.3 is 5.97 Å². The number of amides is 1. The molecule has 2 fully saturated rings. The van der Waals surface area contributed by atoms with Crippen molar-refractivity contribution in [2.24, 2.45) is 11.8 Å². The molecule has 1 amide bonds. The molecule has 0 spiro atoms. The van der Waals surface area contributed by atoms with Gasteiger partial charge in [-0.2, -0.15) is 0 Å². The van der Waals surface area contributed by atoms with Crippen molar-refractivity contribution in [1.82, 2.24) is 5.32 Å². The Balaban J connectivity index is 1.71. The summed E-state index contributed by atoms with van der Waals surface area (Å²) in [6.45, 7) is 2.74. The summed E-state index contributed by atoms with van der Waals surface area (Å²) in [5.41, 5.74) is 1.69. The zero-order chi connectivity index (χ0) is 15.0. The van der Waals surface area contributed by atoms with E-state index in [0.29, 0.717) is 17.5 Å². The Bertz CT molecular complexity index is 585. The molecule has 5 heteroatoms. The molecular formula is C16H20N2O3. The van der Waals surface area contributed by atoms with Gasteiger partial charge in [-0.1, -0.05) is 6.42 Å². The lowest BCUT2D eigenvalue weighted by atomic mass is 9.93. The Labute approximate surface area is 123 Å². The number of hydrogen-bond donors (Lipinski definition) is 3. The maximum atomic E-state index is 12.4. The summed E-state index contributed by atoms with van der Waals surface area (Å²) in [4.78, 5) is 23.4. The largest absolute Gasteiger partial charge is 0.478 e. The van der Waals surface area contributed by atoms with E-state index in [1.165, 1.54) is 18.9 Å². The Morgan fingerprint density at radius 2 is 2.14 bits per heavy atom. The molecule has 0 aromatic heterocycles. The third-order valence-corrected chi connectivity index (χ3v) is 4.76. The number of carbonyl (C=O) groups excluding carboxylic acids is 1. The van der Waals surface area contributed by atoms with Crippen LogP contribution in [0.25, 0.3) is 0 Å². The van der Waals surface area contributed by atoms with Gasteiger partial charge in [-0.05, 0) is 61.9 Å². The predicted molar refractivity (Wildman–Crippen MR) is 79.4 cm³/mol. The van der Waals surface area contributed by atoms with E-state index in [1.807, 2.05) is 6.92 Å². The van der Waals surface area contributed by atoms with Gasteiger partial charge in [-0.3, -0.25) is 4.79 Å². The Hall–Kier alpha value is -1.88. The normalized spacial score (nSPS) is 27.4. The van der Waals surface area contributed by atoms with E-state index in [0.717, 1.165) is 18.5 Å². The lowest BCUT2D eigenvalue weighted by Crippen LogP contribution is -2.39. The molecule has 1 aliphatic carbocycles. The van der Waals surface area contributed by atoms with Crippen LogP contribution in [0.5, 0.6) is 0 Å². The summed E-state index contributed by atoms with van der Waals surface area (Å²) in [5, 5.41) is 15.2. The SMILES string of the molecule is Cc1cc(C(=O)O)ccc1NC(=O)C1NCC2CCCC21. The number of anilines is 1. The maximum absolute atomic E-state index is 12.4. The number of aryl methyl sites for hydroxylation is 1. The minimum atomic E-state index is -0.956. The molecule has 1 aromatic carbocycles. The molecule has 5 nitrogen and oxygen atoms in total. The van der Waals surface area contributed by atoms with E-state index in [2.05, 4.69) is 10.6 Å². The Morgan fingerprint density at radius 1 is 1.33 bits per heavy atom. The maximum Gasteiger partial charge on any atom is 0.335 e. The first-order valence-corrected chi connectivity index (χ1v) is 7.44. The Morgan fingerprint density at radius 3 is 2.86 bits per heavy atom. The van der Waals surface area contributed by atoms with Crippen molar-refractivity contribution < 1.29 is 14.7 Å². The molecular weight excluding hydrogens is 268 g/mol. The smallest absolute Gasteiger partial charge is 0.335 e. The third kappa shape index (κ3) is 2.65. The van der Waals surface area contributed by atoms with Crippen molar-refractivity contribution in [1.29, 1.82) is 0 Å². The lowest BCUT2D eigenvalue weighted by molar-refractivity contribution is -0.118. The third-order valence-electron chi connectivity index (χ3n) is 4.76. The topological polar surface area (TPSA) is 78.4 Å². The zero-order valence-corrected chi connectivity index (χ0v) is 12.1. The van der Waals surface area contributed by atoms with Crippen LogP contribution in [-0.4, -0.2) is 29.6 Å². The molecule has 3 N–H and O–H groups in total. The quantitative estimate of drug-likeness (QED) is 0.795. The highest BCUT2D eigenvalue weighted by Crippen LogP contribution is 2.38. The molecule has 112 valence electrons. The molecule has 1 aliphatic heterocycles. The molecule has 3 unspecified atom stereocenters. The number of nitrogens with one attached hydrogen (secondary N) is 2. The number of carboxylic acid groups (broad SMARTS) is 1. The molecule has 1 aromatic rings. The van der Waals surface area contributed by atoms with Crippen molar-refractivity contribution in [2.75, 3.05) is 11.9 Å². The van der Waals surface area contributed by atoms with Crippen LogP contribution in [0.1, 0.15) is 35.2 Å². The average molecular weight is 288 g/mol. The summed E-state index contributed by atoms with van der Waals surface area (Å²) in [6, 6.07) is 4.65. The fraction of sp³-hybridized carbons (Fsp3) is 0.500. The molecule has 1 heterocycles. The van der Waals surface area contributed by atoms with E-state index < -0.39 is 5.97 Å². The molecule has 3 atom stereocenters. The number of carboxylic acids is 1. The van der Waals surface area contributed by atoms with Crippen LogP contribution in [0.2, 0.25) is 0 Å². The number of aromatic carboxylic acids is 1. The summed E-state index contributed by atoms with van der Waals surface area (Å²) < 4.78 is 0. The summed E-state index contributed by atoms with van der Waals surface area (Å²) in [6.07, 6.45) is 3.55. The minimum Gasteiger partial charge on any atom is -0.478 e. The van der Waals surface area contributed by atoms with Crippen LogP contribution < -0.4 is 10.6 Å². The highest BCUT2D eigenvalue weighted by Gasteiger charge is 2.42. The highest BCUT2D eigenvalue weighted by atomic mass is 16.4. The molecule has 21 heavy (non-hydrogen) atoms. The van der Waals surface area contributed by atoms with Crippen molar-refractivity contribution >= 4 is 17.6 Å². The standard InChI is InChI=1S/C16H20N2O3/c1-9-7-10(16(20)21)5-6-13(9)18-15(19)14-12-4-2-3-11(12)8-17-14/h5-7,11-12,14,17H,2-4,8H2,1H3,(H,18,19)(H,20,21). The second-order valence-corrected chi connectivity index (χ2v) is 6.06. The average Bonchev–Trinajstić information content (AvgIpc) is 3.03. The van der Waals surface area contributed by atoms with Crippen LogP contribution in [0, 0.1) is 18.8 Å². The predicted octanol–water partition coefficient (Wildman–Crippen LogP) is 2.02. The van der Waals surface area contributed by atoms with Gasteiger partial charge in [0.05, 0.1) is 11.6 Å². The van der Waals surface area contributed by atoms with Crippen molar-refractivity contribution in [2.45, 2.75) is 32.2 Å². The van der Waals surface area contributed by atoms with E-state index in [9.17, 15) is 9.59 Å². The van der Waals surface area contributed by atoms with Gasteiger partial charge in [0.15, 0.2) is 0 Å². The van der Waals surface area contributed by atoms with E-state index in [4.69, 9.17) is 5.11 Å². The molecule has 0 bridgehead atoms. The number of rotatable bonds is 3. The fourth-order valence-corrected chi connectivity index (χ4v) is 3.62. The van der Waals surface area contributed by atoms with Crippen LogP contribution in [0.4, 0.5) is 5.69 Å². The summed E-state index contributed by atoms with van der Waals surface area (Å²) in [5.74, 6) is 0.123. The first kappa shape index (κ1) is 14.1. The summed E-state index contributed by atoms with van der Waals surface area (Å²) >= 11 is 0. The zero-order valence-electron chi connectivity index (χ0n) is 12.1. The van der Waals surface area contributed by atoms with Gasteiger partial charge in [-0.15, -0.1) is 0 Å². The van der Waals surface area contributed by atoms with Crippen LogP contribution in [0.15, 0.2) is 18.2 Å². The molecule has 2 aliphatic rings. The van der Waals surface area contributed by atoms with Gasteiger partial charge < -0.3 is 15.7 Å². The van der Waals surface area contributed by atoms with E-state index in [-0.39, 0.29) is 17.5 Å². The molecule has 3 rings (SSSR count). The first-order chi connectivity index (χ1) is 10.1. The van der Waals surface area contributed by atoms with Gasteiger partial charge in [0.1, 0.15) is 0 Å². The van der Waals surface area contributed by atoms with Crippen LogP contribution >= 0.6 is 0 Å². The lowest BCUT2D eigenvalue weighted by Gasteiger charge is -2.18. The van der Waals surface area contributed by atoms with Gasteiger partial charge in [0.2, 0.25) is 5.91 Å². The second-order valence-electron chi connectivity index (χ2n) is 6.06. The highest BCUT2D eigenvalue weighted by molar-refractivity contribution is 5.97. The number of fused-ring (bicyclic) bond motifs is 1. The molecule has 0 radical (unpaired) electrons. The monoisotopic (exact) mass is 288 g/mol. The van der Waals surface area contributed by atoms with Crippen molar-refractivity contribution in [3.8, 4) is 0 Å². The van der Waals surface area contributed by atoms with E-state index >= 15 is 0 Å².